The first-order chi connectivity index (χ1) is 13.6. The number of thioether (sulfide) groups is 1. The fourth-order valence-electron chi connectivity index (χ4n) is 3.57. The van der Waals surface area contributed by atoms with Crippen molar-refractivity contribution in [1.82, 2.24) is 5.32 Å². The molecule has 0 radical (unpaired) electrons. The summed E-state index contributed by atoms with van der Waals surface area (Å²) in [4.78, 5) is 6.27. The first-order valence-electron chi connectivity index (χ1n) is 9.45. The maximum absolute atomic E-state index is 10.4. The SMILES string of the molecule is CSc1ccc([C@@H]2N=C(c3ccc(C)cc3)C[C@H](c3ccccc3O)N2)cc1. The van der Waals surface area contributed by atoms with Crippen molar-refractivity contribution in [3.05, 3.63) is 95.1 Å². The standard InChI is InChI=1S/C24H24N2OS/c1-16-7-9-17(10-8-16)21-15-22(20-5-3-4-6-23(20)27)26-24(25-21)18-11-13-19(28-2)14-12-18/h3-14,22,24,26-27H,15H2,1-2H3/t22-,24-/m1/s1. The molecule has 0 aliphatic carbocycles. The van der Waals surface area contributed by atoms with Gasteiger partial charge in [0.25, 0.3) is 0 Å². The number of aliphatic imine (C=N–C) groups is 1. The highest BCUT2D eigenvalue weighted by atomic mass is 32.2. The van der Waals surface area contributed by atoms with Crippen molar-refractivity contribution in [3.63, 3.8) is 0 Å². The molecule has 1 heterocycles. The van der Waals surface area contributed by atoms with E-state index in [0.29, 0.717) is 5.75 Å². The molecule has 3 aromatic carbocycles. The quantitative estimate of drug-likeness (QED) is 0.568. The summed E-state index contributed by atoms with van der Waals surface area (Å²) < 4.78 is 0. The number of phenols is 1. The molecular formula is C24H24N2OS. The first-order valence-corrected chi connectivity index (χ1v) is 10.7. The minimum atomic E-state index is -0.148. The average Bonchev–Trinajstić information content (AvgIpc) is 2.74. The number of benzene rings is 3. The number of rotatable bonds is 4. The van der Waals surface area contributed by atoms with Crippen LogP contribution in [0.4, 0.5) is 0 Å². The number of para-hydroxylation sites is 1. The maximum Gasteiger partial charge on any atom is 0.126 e. The van der Waals surface area contributed by atoms with Crippen molar-refractivity contribution in [1.29, 1.82) is 0 Å². The average molecular weight is 389 g/mol. The Balaban J connectivity index is 1.73. The summed E-state index contributed by atoms with van der Waals surface area (Å²) in [6.07, 6.45) is 2.67. The monoisotopic (exact) mass is 388 g/mol. The van der Waals surface area contributed by atoms with Gasteiger partial charge in [0.1, 0.15) is 11.9 Å². The van der Waals surface area contributed by atoms with Crippen LogP contribution in [0.25, 0.3) is 0 Å². The molecule has 0 saturated heterocycles. The van der Waals surface area contributed by atoms with Gasteiger partial charge in [-0.1, -0.05) is 60.2 Å². The van der Waals surface area contributed by atoms with E-state index >= 15 is 0 Å². The highest BCUT2D eigenvalue weighted by Crippen LogP contribution is 2.34. The number of aromatic hydroxyl groups is 1. The number of hydrogen-bond donors (Lipinski definition) is 2. The van der Waals surface area contributed by atoms with Crippen LogP contribution in [0.5, 0.6) is 5.75 Å². The molecule has 0 fully saturated rings. The van der Waals surface area contributed by atoms with Crippen molar-refractivity contribution in [2.24, 2.45) is 4.99 Å². The molecule has 0 spiro atoms. The highest BCUT2D eigenvalue weighted by Gasteiger charge is 2.27. The van der Waals surface area contributed by atoms with E-state index in [4.69, 9.17) is 4.99 Å². The summed E-state index contributed by atoms with van der Waals surface area (Å²) in [7, 11) is 0. The Morgan fingerprint density at radius 2 is 1.68 bits per heavy atom. The van der Waals surface area contributed by atoms with Crippen molar-refractivity contribution >= 4 is 17.5 Å². The minimum absolute atomic E-state index is 0.000213. The number of phenolic OH excluding ortho intramolecular Hbond substituents is 1. The lowest BCUT2D eigenvalue weighted by molar-refractivity contribution is 0.412. The minimum Gasteiger partial charge on any atom is -0.508 e. The molecule has 3 aromatic rings. The lowest BCUT2D eigenvalue weighted by atomic mass is 9.93. The molecule has 4 rings (SSSR count). The van der Waals surface area contributed by atoms with Crippen molar-refractivity contribution in [2.45, 2.75) is 30.4 Å². The molecule has 2 N–H and O–H groups in total. The van der Waals surface area contributed by atoms with Crippen LogP contribution in [-0.4, -0.2) is 17.1 Å². The predicted octanol–water partition coefficient (Wildman–Crippen LogP) is 5.65. The molecule has 1 aliphatic heterocycles. The molecule has 0 unspecified atom stereocenters. The number of aryl methyl sites for hydroxylation is 1. The molecule has 0 saturated carbocycles. The van der Waals surface area contributed by atoms with Gasteiger partial charge in [-0.05, 0) is 42.5 Å². The van der Waals surface area contributed by atoms with Gasteiger partial charge in [-0.15, -0.1) is 11.8 Å². The summed E-state index contributed by atoms with van der Waals surface area (Å²) >= 11 is 1.73. The number of nitrogens with one attached hydrogen (secondary N) is 1. The Bertz CT molecular complexity index is 980. The van der Waals surface area contributed by atoms with E-state index < -0.39 is 0 Å². The third-order valence-electron chi connectivity index (χ3n) is 5.17. The Labute approximate surface area is 170 Å². The number of nitrogens with zero attached hydrogens (tertiary/aromatic N) is 1. The zero-order valence-electron chi connectivity index (χ0n) is 16.1. The highest BCUT2D eigenvalue weighted by molar-refractivity contribution is 7.98. The van der Waals surface area contributed by atoms with E-state index in [1.54, 1.807) is 17.8 Å². The van der Waals surface area contributed by atoms with Crippen LogP contribution in [0.3, 0.4) is 0 Å². The van der Waals surface area contributed by atoms with E-state index in [1.807, 2.05) is 18.2 Å². The van der Waals surface area contributed by atoms with Gasteiger partial charge in [-0.2, -0.15) is 0 Å². The summed E-state index contributed by atoms with van der Waals surface area (Å²) in [6.45, 7) is 2.09. The molecule has 1 aliphatic rings. The van der Waals surface area contributed by atoms with Gasteiger partial charge in [0, 0.05) is 28.6 Å². The van der Waals surface area contributed by atoms with Gasteiger partial charge in [-0.25, -0.2) is 0 Å². The Morgan fingerprint density at radius 3 is 2.36 bits per heavy atom. The first kappa shape index (κ1) is 18.8. The van der Waals surface area contributed by atoms with Crippen molar-refractivity contribution < 1.29 is 5.11 Å². The fraction of sp³-hybridized carbons (Fsp3) is 0.208. The third-order valence-corrected chi connectivity index (χ3v) is 5.91. The van der Waals surface area contributed by atoms with Crippen LogP contribution in [0, 0.1) is 6.92 Å². The molecule has 0 aromatic heterocycles. The van der Waals surface area contributed by atoms with Gasteiger partial charge in [-0.3, -0.25) is 10.3 Å². The molecule has 3 nitrogen and oxygen atoms in total. The number of hydrogen-bond acceptors (Lipinski definition) is 4. The fourth-order valence-corrected chi connectivity index (χ4v) is 3.97. The third kappa shape index (κ3) is 3.98. The second-order valence-electron chi connectivity index (χ2n) is 7.10. The molecule has 0 bridgehead atoms. The second-order valence-corrected chi connectivity index (χ2v) is 7.98. The normalized spacial score (nSPS) is 19.3. The van der Waals surface area contributed by atoms with Crippen molar-refractivity contribution in [3.8, 4) is 5.75 Å². The van der Waals surface area contributed by atoms with E-state index in [-0.39, 0.29) is 12.2 Å². The summed E-state index contributed by atoms with van der Waals surface area (Å²) in [5.74, 6) is 0.321. The predicted molar refractivity (Wildman–Crippen MR) is 117 cm³/mol. The van der Waals surface area contributed by atoms with E-state index in [0.717, 1.165) is 28.8 Å². The van der Waals surface area contributed by atoms with Crippen LogP contribution in [-0.2, 0) is 0 Å². The zero-order chi connectivity index (χ0) is 19.5. The van der Waals surface area contributed by atoms with E-state index in [9.17, 15) is 5.11 Å². The van der Waals surface area contributed by atoms with Gasteiger partial charge in [0.05, 0.1) is 0 Å². The Kier molecular flexibility index (Phi) is 5.51. The lowest BCUT2D eigenvalue weighted by Gasteiger charge is -2.31. The summed E-state index contributed by atoms with van der Waals surface area (Å²) in [5.41, 5.74) is 5.47. The molecule has 2 atom stereocenters. The largest absolute Gasteiger partial charge is 0.508 e. The van der Waals surface area contributed by atoms with Crippen LogP contribution in [0.15, 0.2) is 82.7 Å². The van der Waals surface area contributed by atoms with Crippen LogP contribution < -0.4 is 5.32 Å². The lowest BCUT2D eigenvalue weighted by Crippen LogP contribution is -2.33. The Morgan fingerprint density at radius 1 is 0.964 bits per heavy atom. The van der Waals surface area contributed by atoms with Gasteiger partial charge < -0.3 is 5.11 Å². The van der Waals surface area contributed by atoms with Crippen LogP contribution >= 0.6 is 11.8 Å². The van der Waals surface area contributed by atoms with Crippen LogP contribution in [0.2, 0.25) is 0 Å². The molecule has 142 valence electrons. The van der Waals surface area contributed by atoms with Crippen molar-refractivity contribution in [2.75, 3.05) is 6.26 Å². The maximum atomic E-state index is 10.4. The van der Waals surface area contributed by atoms with E-state index in [2.05, 4.69) is 67.0 Å². The molecule has 28 heavy (non-hydrogen) atoms. The molecular weight excluding hydrogens is 364 g/mol. The smallest absolute Gasteiger partial charge is 0.126 e. The topological polar surface area (TPSA) is 44.6 Å². The Hall–Kier alpha value is -2.56. The van der Waals surface area contributed by atoms with Gasteiger partial charge in [0.15, 0.2) is 0 Å². The summed E-state index contributed by atoms with van der Waals surface area (Å²) in [5, 5.41) is 14.0. The van der Waals surface area contributed by atoms with E-state index in [1.165, 1.54) is 10.5 Å². The zero-order valence-corrected chi connectivity index (χ0v) is 16.9. The van der Waals surface area contributed by atoms with Gasteiger partial charge >= 0.3 is 0 Å². The second kappa shape index (κ2) is 8.21. The van der Waals surface area contributed by atoms with Gasteiger partial charge in [0.2, 0.25) is 0 Å². The van der Waals surface area contributed by atoms with Crippen LogP contribution in [0.1, 0.15) is 40.9 Å². The molecule has 4 heteroatoms. The summed E-state index contributed by atoms with van der Waals surface area (Å²) in [6, 6.07) is 24.6. The molecule has 0 amide bonds.